The molecule has 0 spiro atoms. The second-order valence-electron chi connectivity index (χ2n) is 7.51. The van der Waals surface area contributed by atoms with Crippen LogP contribution in [0.4, 0.5) is 0 Å². The summed E-state index contributed by atoms with van der Waals surface area (Å²) in [6.45, 7) is 3.76. The number of piperidine rings is 2. The van der Waals surface area contributed by atoms with Gasteiger partial charge in [0.15, 0.2) is 6.61 Å². The number of hydrogen-bond donors (Lipinski definition) is 0. The summed E-state index contributed by atoms with van der Waals surface area (Å²) in [5.74, 6) is 0.717. The van der Waals surface area contributed by atoms with E-state index in [0.717, 1.165) is 57.1 Å². The van der Waals surface area contributed by atoms with Gasteiger partial charge < -0.3 is 14.4 Å². The van der Waals surface area contributed by atoms with Crippen LogP contribution in [-0.4, -0.2) is 65.6 Å². The van der Waals surface area contributed by atoms with Crippen LogP contribution in [0.3, 0.4) is 0 Å². The number of hydrogen-bond acceptors (Lipinski definition) is 6. The van der Waals surface area contributed by atoms with Crippen molar-refractivity contribution in [1.82, 2.24) is 14.8 Å². The lowest BCUT2D eigenvalue weighted by atomic mass is 9.99. The monoisotopic (exact) mass is 435 g/mol. The lowest BCUT2D eigenvalue weighted by Crippen LogP contribution is -2.50. The van der Waals surface area contributed by atoms with Crippen LogP contribution in [0.25, 0.3) is 0 Å². The SMILES string of the molecule is O=C(COc1ccc(Cl)cc1)N1CCC(N2CCC(Oc3nccs3)CC2)CC1. The zero-order chi connectivity index (χ0) is 20.1. The van der Waals surface area contributed by atoms with E-state index in [1.807, 2.05) is 10.3 Å². The molecule has 0 unspecified atom stereocenters. The van der Waals surface area contributed by atoms with Gasteiger partial charge in [0, 0.05) is 48.8 Å². The molecule has 0 bridgehead atoms. The smallest absolute Gasteiger partial charge is 0.273 e. The number of nitrogens with zero attached hydrogens (tertiary/aromatic N) is 3. The maximum Gasteiger partial charge on any atom is 0.273 e. The van der Waals surface area contributed by atoms with E-state index in [2.05, 4.69) is 9.88 Å². The Balaban J connectivity index is 1.16. The molecular formula is C21H26ClN3O3S. The standard InChI is InChI=1S/C21H26ClN3O3S/c22-16-1-3-18(4-2-16)27-15-20(26)25-10-5-17(6-11-25)24-12-7-19(8-13-24)28-21-23-9-14-29-21/h1-4,9,14,17,19H,5-8,10-13,15H2. The molecular weight excluding hydrogens is 410 g/mol. The number of amides is 1. The summed E-state index contributed by atoms with van der Waals surface area (Å²) in [5.41, 5.74) is 0. The number of ether oxygens (including phenoxy) is 2. The third-order valence-electron chi connectivity index (χ3n) is 5.66. The molecule has 0 atom stereocenters. The minimum absolute atomic E-state index is 0.0500. The fraction of sp³-hybridized carbons (Fsp3) is 0.524. The molecule has 1 aromatic carbocycles. The zero-order valence-electron chi connectivity index (χ0n) is 16.3. The van der Waals surface area contributed by atoms with Gasteiger partial charge in [-0.2, -0.15) is 0 Å². The van der Waals surface area contributed by atoms with Crippen LogP contribution >= 0.6 is 22.9 Å². The second-order valence-corrected chi connectivity index (χ2v) is 8.80. The first-order chi connectivity index (χ1) is 14.2. The quantitative estimate of drug-likeness (QED) is 0.692. The molecule has 29 heavy (non-hydrogen) atoms. The molecule has 0 aliphatic carbocycles. The van der Waals surface area contributed by atoms with Crippen molar-refractivity contribution >= 4 is 28.8 Å². The molecule has 0 saturated carbocycles. The predicted molar refractivity (Wildman–Crippen MR) is 114 cm³/mol. The molecule has 2 aromatic rings. The van der Waals surface area contributed by atoms with E-state index in [0.29, 0.717) is 16.8 Å². The molecule has 156 valence electrons. The number of aromatic nitrogens is 1. The van der Waals surface area contributed by atoms with Crippen molar-refractivity contribution in [2.24, 2.45) is 0 Å². The summed E-state index contributed by atoms with van der Waals surface area (Å²) in [7, 11) is 0. The van der Waals surface area contributed by atoms with Crippen molar-refractivity contribution in [1.29, 1.82) is 0 Å². The highest BCUT2D eigenvalue weighted by Gasteiger charge is 2.30. The first-order valence-electron chi connectivity index (χ1n) is 10.1. The van der Waals surface area contributed by atoms with E-state index in [9.17, 15) is 4.79 Å². The zero-order valence-corrected chi connectivity index (χ0v) is 17.9. The van der Waals surface area contributed by atoms with Crippen molar-refractivity contribution < 1.29 is 14.3 Å². The number of benzene rings is 1. The van der Waals surface area contributed by atoms with E-state index in [4.69, 9.17) is 21.1 Å². The lowest BCUT2D eigenvalue weighted by Gasteiger charge is -2.41. The van der Waals surface area contributed by atoms with E-state index < -0.39 is 0 Å². The van der Waals surface area contributed by atoms with Crippen molar-refractivity contribution in [3.63, 3.8) is 0 Å². The van der Waals surface area contributed by atoms with E-state index in [1.54, 1.807) is 41.8 Å². The molecule has 1 amide bonds. The third-order valence-corrected chi connectivity index (χ3v) is 6.58. The lowest BCUT2D eigenvalue weighted by molar-refractivity contribution is -0.135. The Labute approximate surface area is 180 Å². The molecule has 1 aromatic heterocycles. The Morgan fingerprint density at radius 2 is 1.83 bits per heavy atom. The average Bonchev–Trinajstić information content (AvgIpc) is 3.27. The second kappa shape index (κ2) is 9.78. The summed E-state index contributed by atoms with van der Waals surface area (Å²) in [4.78, 5) is 21.2. The molecule has 0 radical (unpaired) electrons. The normalized spacial score (nSPS) is 19.3. The van der Waals surface area contributed by atoms with Gasteiger partial charge in [-0.25, -0.2) is 4.98 Å². The topological polar surface area (TPSA) is 54.9 Å². The Morgan fingerprint density at radius 3 is 2.48 bits per heavy atom. The summed E-state index contributed by atoms with van der Waals surface area (Å²) >= 11 is 7.42. The van der Waals surface area contributed by atoms with E-state index in [1.165, 1.54) is 0 Å². The predicted octanol–water partition coefficient (Wildman–Crippen LogP) is 3.71. The van der Waals surface area contributed by atoms with Crippen LogP contribution in [-0.2, 0) is 4.79 Å². The first-order valence-corrected chi connectivity index (χ1v) is 11.4. The number of halogens is 1. The Kier molecular flexibility index (Phi) is 6.90. The van der Waals surface area contributed by atoms with Gasteiger partial charge in [-0.1, -0.05) is 22.9 Å². The van der Waals surface area contributed by atoms with Gasteiger partial charge >= 0.3 is 0 Å². The van der Waals surface area contributed by atoms with Gasteiger partial charge in [-0.15, -0.1) is 0 Å². The maximum atomic E-state index is 12.5. The van der Waals surface area contributed by atoms with Crippen LogP contribution in [0.1, 0.15) is 25.7 Å². The van der Waals surface area contributed by atoms with Gasteiger partial charge in [-0.3, -0.25) is 9.69 Å². The molecule has 3 heterocycles. The van der Waals surface area contributed by atoms with Crippen molar-refractivity contribution in [3.8, 4) is 10.9 Å². The van der Waals surface area contributed by atoms with Crippen LogP contribution in [0, 0.1) is 0 Å². The van der Waals surface area contributed by atoms with Gasteiger partial charge in [0.1, 0.15) is 11.9 Å². The van der Waals surface area contributed by atoms with Crippen molar-refractivity contribution in [2.75, 3.05) is 32.8 Å². The number of rotatable bonds is 6. The van der Waals surface area contributed by atoms with E-state index >= 15 is 0 Å². The van der Waals surface area contributed by atoms with E-state index in [-0.39, 0.29) is 18.6 Å². The minimum Gasteiger partial charge on any atom is -0.484 e. The molecule has 2 fully saturated rings. The molecule has 2 aliphatic rings. The van der Waals surface area contributed by atoms with Crippen LogP contribution < -0.4 is 9.47 Å². The Morgan fingerprint density at radius 1 is 1.10 bits per heavy atom. The highest BCUT2D eigenvalue weighted by Crippen LogP contribution is 2.25. The third kappa shape index (κ3) is 5.62. The average molecular weight is 436 g/mol. The Bertz CT molecular complexity index is 771. The highest BCUT2D eigenvalue weighted by molar-refractivity contribution is 7.11. The molecule has 8 heteroatoms. The molecule has 4 rings (SSSR count). The van der Waals surface area contributed by atoms with Crippen LogP contribution in [0.5, 0.6) is 10.9 Å². The fourth-order valence-electron chi connectivity index (χ4n) is 4.02. The molecule has 0 N–H and O–H groups in total. The largest absolute Gasteiger partial charge is 0.484 e. The summed E-state index contributed by atoms with van der Waals surface area (Å²) in [5, 5.41) is 3.38. The summed E-state index contributed by atoms with van der Waals surface area (Å²) in [6.07, 6.45) is 6.16. The van der Waals surface area contributed by atoms with Crippen molar-refractivity contribution in [3.05, 3.63) is 40.9 Å². The van der Waals surface area contributed by atoms with Gasteiger partial charge in [0.05, 0.1) is 0 Å². The highest BCUT2D eigenvalue weighted by atomic mass is 35.5. The number of thiazole rings is 1. The first kappa shape index (κ1) is 20.4. The Hall–Kier alpha value is -1.83. The van der Waals surface area contributed by atoms with Crippen LogP contribution in [0.15, 0.2) is 35.8 Å². The van der Waals surface area contributed by atoms with Gasteiger partial charge in [-0.05, 0) is 49.9 Å². The number of likely N-dealkylation sites (tertiary alicyclic amines) is 2. The minimum atomic E-state index is 0.0500. The summed E-state index contributed by atoms with van der Waals surface area (Å²) < 4.78 is 11.6. The van der Waals surface area contributed by atoms with Crippen LogP contribution in [0.2, 0.25) is 5.02 Å². The van der Waals surface area contributed by atoms with Gasteiger partial charge in [0.2, 0.25) is 0 Å². The molecule has 6 nitrogen and oxygen atoms in total. The molecule has 2 saturated heterocycles. The molecule has 2 aliphatic heterocycles. The number of carbonyl (C=O) groups excluding carboxylic acids is 1. The van der Waals surface area contributed by atoms with Gasteiger partial charge in [0.25, 0.3) is 11.1 Å². The number of carbonyl (C=O) groups is 1. The fourth-order valence-corrected chi connectivity index (χ4v) is 4.69. The maximum absolute atomic E-state index is 12.5. The summed E-state index contributed by atoms with van der Waals surface area (Å²) in [6, 6.07) is 7.64. The van der Waals surface area contributed by atoms with Crippen molar-refractivity contribution in [2.45, 2.75) is 37.8 Å².